The fourth-order valence-electron chi connectivity index (χ4n) is 2.00. The monoisotopic (exact) mass is 348 g/mol. The van der Waals surface area contributed by atoms with E-state index in [1.165, 1.54) is 0 Å². The van der Waals surface area contributed by atoms with Crippen LogP contribution >= 0.6 is 11.3 Å². The van der Waals surface area contributed by atoms with E-state index in [0.29, 0.717) is 19.0 Å². The van der Waals surface area contributed by atoms with E-state index in [-0.39, 0.29) is 17.9 Å². The Kier molecular flexibility index (Phi) is 6.75. The normalized spacial score (nSPS) is 12.2. The predicted octanol–water partition coefficient (Wildman–Crippen LogP) is 4.41. The van der Waals surface area contributed by atoms with E-state index >= 15 is 0 Å². The van der Waals surface area contributed by atoms with Gasteiger partial charge in [0.1, 0.15) is 23.5 Å². The van der Waals surface area contributed by atoms with Crippen LogP contribution in [0.2, 0.25) is 0 Å². The van der Waals surface area contributed by atoms with Crippen molar-refractivity contribution in [3.05, 3.63) is 40.3 Å². The summed E-state index contributed by atoms with van der Waals surface area (Å²) in [4.78, 5) is 16.3. The highest BCUT2D eigenvalue weighted by molar-refractivity contribution is 7.09. The number of nitrogens with one attached hydrogen (secondary N) is 1. The molecule has 0 aliphatic heterocycles. The van der Waals surface area contributed by atoms with Crippen LogP contribution in [0.4, 0.5) is 5.69 Å². The van der Waals surface area contributed by atoms with Gasteiger partial charge in [0.15, 0.2) is 0 Å². The summed E-state index contributed by atoms with van der Waals surface area (Å²) >= 11 is 1.57. The van der Waals surface area contributed by atoms with Gasteiger partial charge in [-0.1, -0.05) is 19.9 Å². The lowest BCUT2D eigenvalue weighted by Crippen LogP contribution is -2.17. The zero-order valence-corrected chi connectivity index (χ0v) is 15.4. The second-order valence-corrected chi connectivity index (χ2v) is 6.62. The summed E-state index contributed by atoms with van der Waals surface area (Å²) in [6.07, 6.45) is 0.00308. The van der Waals surface area contributed by atoms with Crippen LogP contribution in [0.25, 0.3) is 0 Å². The van der Waals surface area contributed by atoms with Crippen LogP contribution in [0.1, 0.15) is 44.5 Å². The number of thiazole rings is 1. The van der Waals surface area contributed by atoms with Crippen LogP contribution in [-0.4, -0.2) is 17.5 Å². The van der Waals surface area contributed by atoms with Crippen molar-refractivity contribution in [3.63, 3.8) is 0 Å². The van der Waals surface area contributed by atoms with Crippen molar-refractivity contribution >= 4 is 22.9 Å². The number of carbonyl (C=O) groups is 1. The number of nitrogens with zero attached hydrogens (tertiary/aromatic N) is 1. The standard InChI is InChI=1S/C18H24N2O3S/c1-5-22-13(4)18-20-15(11-24-18)10-23-16-8-6-7-14(9-16)19-17(21)12(2)3/h6-9,11-13H,5,10H2,1-4H3,(H,19,21)/t13-/m0/s1. The molecule has 0 unspecified atom stereocenters. The Morgan fingerprint density at radius 1 is 1.33 bits per heavy atom. The van der Waals surface area contributed by atoms with Gasteiger partial charge < -0.3 is 14.8 Å². The second kappa shape index (κ2) is 8.80. The summed E-state index contributed by atoms with van der Waals surface area (Å²) in [5.74, 6) is 0.625. The first-order valence-electron chi connectivity index (χ1n) is 8.09. The maximum Gasteiger partial charge on any atom is 0.226 e. The van der Waals surface area contributed by atoms with E-state index in [4.69, 9.17) is 9.47 Å². The third-order valence-corrected chi connectivity index (χ3v) is 4.40. The summed E-state index contributed by atoms with van der Waals surface area (Å²) in [7, 11) is 0. The molecule has 1 N–H and O–H groups in total. The van der Waals surface area contributed by atoms with Gasteiger partial charge in [-0.25, -0.2) is 4.98 Å². The zero-order chi connectivity index (χ0) is 17.5. The van der Waals surface area contributed by atoms with Crippen molar-refractivity contribution in [2.45, 2.75) is 40.4 Å². The Hall–Kier alpha value is -1.92. The van der Waals surface area contributed by atoms with Gasteiger partial charge in [-0.15, -0.1) is 11.3 Å². The van der Waals surface area contributed by atoms with E-state index in [1.54, 1.807) is 11.3 Å². The maximum atomic E-state index is 11.8. The molecule has 1 aromatic carbocycles. The van der Waals surface area contributed by atoms with Gasteiger partial charge >= 0.3 is 0 Å². The summed E-state index contributed by atoms with van der Waals surface area (Å²) in [6, 6.07) is 7.38. The first-order chi connectivity index (χ1) is 11.5. The minimum Gasteiger partial charge on any atom is -0.487 e. The average molecular weight is 348 g/mol. The van der Waals surface area contributed by atoms with Crippen LogP contribution in [0.15, 0.2) is 29.6 Å². The third-order valence-electron chi connectivity index (χ3n) is 3.35. The molecule has 0 fully saturated rings. The Bertz CT molecular complexity index is 670. The molecule has 0 saturated carbocycles. The number of amides is 1. The Balaban J connectivity index is 1.93. The van der Waals surface area contributed by atoms with Crippen molar-refractivity contribution in [3.8, 4) is 5.75 Å². The number of rotatable bonds is 8. The average Bonchev–Trinajstić information content (AvgIpc) is 3.02. The maximum absolute atomic E-state index is 11.8. The molecule has 0 saturated heterocycles. The topological polar surface area (TPSA) is 60.5 Å². The predicted molar refractivity (Wildman–Crippen MR) is 96.4 cm³/mol. The van der Waals surface area contributed by atoms with Gasteiger partial charge in [0.25, 0.3) is 0 Å². The summed E-state index contributed by atoms with van der Waals surface area (Å²) < 4.78 is 11.3. The summed E-state index contributed by atoms with van der Waals surface area (Å²) in [6.45, 7) is 8.74. The molecule has 1 atom stereocenters. The first kappa shape index (κ1) is 18.4. The second-order valence-electron chi connectivity index (χ2n) is 5.74. The molecule has 0 aliphatic rings. The van der Waals surface area contributed by atoms with Crippen LogP contribution < -0.4 is 10.1 Å². The highest BCUT2D eigenvalue weighted by Crippen LogP contribution is 2.23. The number of carbonyl (C=O) groups excluding carboxylic acids is 1. The molecule has 0 aliphatic carbocycles. The molecule has 24 heavy (non-hydrogen) atoms. The van der Waals surface area contributed by atoms with Gasteiger partial charge in [0, 0.05) is 29.7 Å². The van der Waals surface area contributed by atoms with E-state index < -0.39 is 0 Å². The third kappa shape index (κ3) is 5.32. The minimum absolute atomic E-state index is 0.00308. The van der Waals surface area contributed by atoms with Crippen molar-refractivity contribution in [2.24, 2.45) is 5.92 Å². The van der Waals surface area contributed by atoms with Crippen LogP contribution in [0.5, 0.6) is 5.75 Å². The largest absolute Gasteiger partial charge is 0.487 e. The van der Waals surface area contributed by atoms with Gasteiger partial charge in [-0.2, -0.15) is 0 Å². The van der Waals surface area contributed by atoms with Crippen molar-refractivity contribution in [2.75, 3.05) is 11.9 Å². The molecule has 0 spiro atoms. The highest BCUT2D eigenvalue weighted by Gasteiger charge is 2.11. The van der Waals surface area contributed by atoms with Crippen LogP contribution in [-0.2, 0) is 16.1 Å². The molecule has 2 rings (SSSR count). The molecular formula is C18H24N2O3S. The van der Waals surface area contributed by atoms with E-state index in [0.717, 1.165) is 16.4 Å². The summed E-state index contributed by atoms with van der Waals surface area (Å²) in [5.41, 5.74) is 1.60. The Morgan fingerprint density at radius 3 is 2.83 bits per heavy atom. The van der Waals surface area contributed by atoms with Crippen molar-refractivity contribution < 1.29 is 14.3 Å². The molecule has 130 valence electrons. The quantitative estimate of drug-likeness (QED) is 0.767. The molecule has 5 nitrogen and oxygen atoms in total. The molecule has 1 heterocycles. The number of hydrogen-bond acceptors (Lipinski definition) is 5. The lowest BCUT2D eigenvalue weighted by atomic mass is 10.2. The molecule has 1 amide bonds. The molecule has 0 bridgehead atoms. The van der Waals surface area contributed by atoms with Crippen molar-refractivity contribution in [1.82, 2.24) is 4.98 Å². The fourth-order valence-corrected chi connectivity index (χ4v) is 2.81. The number of hydrogen-bond donors (Lipinski definition) is 1. The summed E-state index contributed by atoms with van der Waals surface area (Å²) in [5, 5.41) is 5.80. The fraction of sp³-hybridized carbons (Fsp3) is 0.444. The van der Waals surface area contributed by atoms with E-state index in [9.17, 15) is 4.79 Å². The van der Waals surface area contributed by atoms with Gasteiger partial charge in [-0.3, -0.25) is 4.79 Å². The van der Waals surface area contributed by atoms with Crippen LogP contribution in [0, 0.1) is 5.92 Å². The number of benzene rings is 1. The SMILES string of the molecule is CCO[C@@H](C)c1nc(COc2cccc(NC(=O)C(C)C)c2)cs1. The number of aromatic nitrogens is 1. The molecule has 2 aromatic rings. The van der Waals surface area contributed by atoms with Gasteiger partial charge in [-0.05, 0) is 26.0 Å². The molecule has 6 heteroatoms. The Morgan fingerprint density at radius 2 is 2.12 bits per heavy atom. The minimum atomic E-state index is -0.0599. The number of ether oxygens (including phenoxy) is 2. The first-order valence-corrected chi connectivity index (χ1v) is 8.97. The highest BCUT2D eigenvalue weighted by atomic mass is 32.1. The van der Waals surface area contributed by atoms with Crippen LogP contribution in [0.3, 0.4) is 0 Å². The number of anilines is 1. The molecular weight excluding hydrogens is 324 g/mol. The van der Waals surface area contributed by atoms with E-state index in [1.807, 2.05) is 57.3 Å². The smallest absolute Gasteiger partial charge is 0.226 e. The van der Waals surface area contributed by atoms with Gasteiger partial charge in [0.05, 0.1) is 5.69 Å². The Labute approximate surface area is 147 Å². The zero-order valence-electron chi connectivity index (χ0n) is 14.5. The van der Waals surface area contributed by atoms with Gasteiger partial charge in [0.2, 0.25) is 5.91 Å². The molecule has 0 radical (unpaired) electrons. The lowest BCUT2D eigenvalue weighted by molar-refractivity contribution is -0.118. The molecule has 1 aromatic heterocycles. The lowest BCUT2D eigenvalue weighted by Gasteiger charge is -2.10. The van der Waals surface area contributed by atoms with E-state index in [2.05, 4.69) is 10.3 Å². The van der Waals surface area contributed by atoms with Crippen molar-refractivity contribution in [1.29, 1.82) is 0 Å².